The van der Waals surface area contributed by atoms with E-state index < -0.39 is 0 Å². The molecule has 0 fully saturated rings. The van der Waals surface area contributed by atoms with Gasteiger partial charge in [0.15, 0.2) is 0 Å². The fourth-order valence-corrected chi connectivity index (χ4v) is 1.58. The van der Waals surface area contributed by atoms with E-state index in [2.05, 4.69) is 4.98 Å². The van der Waals surface area contributed by atoms with Crippen molar-refractivity contribution in [1.82, 2.24) is 4.98 Å². The quantitative estimate of drug-likeness (QED) is 0.907. The van der Waals surface area contributed by atoms with Gasteiger partial charge in [-0.15, -0.1) is 0 Å². The first-order valence-corrected chi connectivity index (χ1v) is 5.56. The molecule has 0 saturated heterocycles. The molecule has 0 radical (unpaired) electrons. The first-order valence-electron chi connectivity index (χ1n) is 5.19. The fourth-order valence-electron chi connectivity index (χ4n) is 1.42. The van der Waals surface area contributed by atoms with Crippen LogP contribution in [0.25, 0.3) is 0 Å². The molecule has 0 atom stereocenters. The second-order valence-corrected chi connectivity index (χ2v) is 4.08. The molecule has 0 aliphatic heterocycles. The number of rotatable bonds is 3. The lowest BCUT2D eigenvalue weighted by atomic mass is 10.2. The summed E-state index contributed by atoms with van der Waals surface area (Å²) in [6, 6.07) is 8.97. The minimum Gasteiger partial charge on any atom is -0.456 e. The van der Waals surface area contributed by atoms with Gasteiger partial charge in [-0.25, -0.2) is 0 Å². The highest BCUT2D eigenvalue weighted by atomic mass is 35.5. The van der Waals surface area contributed by atoms with E-state index in [1.165, 1.54) is 0 Å². The third-order valence-corrected chi connectivity index (χ3v) is 2.58. The van der Waals surface area contributed by atoms with Crippen LogP contribution in [0.15, 0.2) is 36.5 Å². The van der Waals surface area contributed by atoms with E-state index in [9.17, 15) is 0 Å². The average Bonchev–Trinajstić information content (AvgIpc) is 2.34. The van der Waals surface area contributed by atoms with E-state index in [0.29, 0.717) is 22.2 Å². The summed E-state index contributed by atoms with van der Waals surface area (Å²) in [7, 11) is 0. The number of halogens is 1. The second kappa shape index (κ2) is 5.17. The van der Waals surface area contributed by atoms with Crippen LogP contribution in [0.2, 0.25) is 5.02 Å². The molecule has 2 aromatic rings. The van der Waals surface area contributed by atoms with E-state index in [-0.39, 0.29) is 6.61 Å². The molecule has 17 heavy (non-hydrogen) atoms. The highest BCUT2D eigenvalue weighted by Crippen LogP contribution is 2.30. The Morgan fingerprint density at radius 1 is 1.29 bits per heavy atom. The molecule has 3 nitrogen and oxygen atoms in total. The van der Waals surface area contributed by atoms with Crippen molar-refractivity contribution >= 4 is 11.6 Å². The molecule has 4 heteroatoms. The van der Waals surface area contributed by atoms with Crippen molar-refractivity contribution in [3.8, 4) is 11.5 Å². The van der Waals surface area contributed by atoms with Crippen LogP contribution in [-0.2, 0) is 6.61 Å². The summed E-state index contributed by atoms with van der Waals surface area (Å²) < 4.78 is 5.65. The third kappa shape index (κ3) is 2.96. The molecule has 1 heterocycles. The lowest BCUT2D eigenvalue weighted by Crippen LogP contribution is -1.91. The van der Waals surface area contributed by atoms with Crippen molar-refractivity contribution in [2.24, 2.45) is 0 Å². The Hall–Kier alpha value is -1.58. The molecule has 0 aliphatic carbocycles. The maximum atomic E-state index is 8.98. The lowest BCUT2D eigenvalue weighted by molar-refractivity contribution is 0.276. The smallest absolute Gasteiger partial charge is 0.146 e. The van der Waals surface area contributed by atoms with Gasteiger partial charge in [-0.2, -0.15) is 0 Å². The molecule has 1 N–H and O–H groups in total. The van der Waals surface area contributed by atoms with Crippen LogP contribution in [0.5, 0.6) is 11.5 Å². The van der Waals surface area contributed by atoms with Gasteiger partial charge >= 0.3 is 0 Å². The zero-order valence-electron chi connectivity index (χ0n) is 9.35. The highest BCUT2D eigenvalue weighted by Gasteiger charge is 2.04. The SMILES string of the molecule is Cc1ccc(Cl)c(Oc2ccnc(CO)c2)c1. The predicted octanol–water partition coefficient (Wildman–Crippen LogP) is 3.33. The van der Waals surface area contributed by atoms with Crippen LogP contribution in [-0.4, -0.2) is 10.1 Å². The van der Waals surface area contributed by atoms with E-state index in [0.717, 1.165) is 5.56 Å². The number of nitrogens with zero attached hydrogens (tertiary/aromatic N) is 1. The average molecular weight is 250 g/mol. The Labute approximate surface area is 105 Å². The molecule has 0 aliphatic rings. The van der Waals surface area contributed by atoms with Crippen molar-refractivity contribution in [3.05, 3.63) is 52.8 Å². The fraction of sp³-hybridized carbons (Fsp3) is 0.154. The second-order valence-electron chi connectivity index (χ2n) is 3.68. The zero-order valence-corrected chi connectivity index (χ0v) is 10.1. The Balaban J connectivity index is 2.27. The first-order chi connectivity index (χ1) is 8.19. The van der Waals surface area contributed by atoms with Crippen LogP contribution in [0, 0.1) is 6.92 Å². The van der Waals surface area contributed by atoms with Gasteiger partial charge in [-0.05, 0) is 30.7 Å². The molecule has 0 bridgehead atoms. The number of pyridine rings is 1. The number of hydrogen-bond acceptors (Lipinski definition) is 3. The molecule has 0 saturated carbocycles. The van der Waals surface area contributed by atoms with Gasteiger partial charge in [-0.3, -0.25) is 4.98 Å². The molecule has 1 aromatic heterocycles. The summed E-state index contributed by atoms with van der Waals surface area (Å²) in [5, 5.41) is 9.54. The van der Waals surface area contributed by atoms with Crippen LogP contribution in [0.4, 0.5) is 0 Å². The topological polar surface area (TPSA) is 42.4 Å². The normalized spacial score (nSPS) is 10.3. The number of aryl methyl sites for hydroxylation is 1. The highest BCUT2D eigenvalue weighted by molar-refractivity contribution is 6.32. The van der Waals surface area contributed by atoms with Crippen LogP contribution >= 0.6 is 11.6 Å². The zero-order chi connectivity index (χ0) is 12.3. The summed E-state index contributed by atoms with van der Waals surface area (Å²) in [6.45, 7) is 1.85. The summed E-state index contributed by atoms with van der Waals surface area (Å²) in [4.78, 5) is 3.98. The van der Waals surface area contributed by atoms with E-state index in [4.69, 9.17) is 21.4 Å². The van der Waals surface area contributed by atoms with Crippen LogP contribution < -0.4 is 4.74 Å². The van der Waals surface area contributed by atoms with Gasteiger partial charge in [0.2, 0.25) is 0 Å². The predicted molar refractivity (Wildman–Crippen MR) is 66.4 cm³/mol. The van der Waals surface area contributed by atoms with Gasteiger partial charge < -0.3 is 9.84 Å². The minimum atomic E-state index is -0.112. The number of aromatic nitrogens is 1. The molecule has 0 unspecified atom stereocenters. The van der Waals surface area contributed by atoms with Crippen molar-refractivity contribution in [1.29, 1.82) is 0 Å². The molecule has 88 valence electrons. The number of hydrogen-bond donors (Lipinski definition) is 1. The summed E-state index contributed by atoms with van der Waals surface area (Å²) in [6.07, 6.45) is 1.59. The Bertz CT molecular complexity index is 529. The van der Waals surface area contributed by atoms with E-state index in [1.54, 1.807) is 24.4 Å². The summed E-state index contributed by atoms with van der Waals surface area (Å²) in [5.74, 6) is 1.21. The van der Waals surface area contributed by atoms with Gasteiger partial charge in [0.1, 0.15) is 11.5 Å². The van der Waals surface area contributed by atoms with Crippen molar-refractivity contribution in [2.75, 3.05) is 0 Å². The van der Waals surface area contributed by atoms with Crippen molar-refractivity contribution < 1.29 is 9.84 Å². The number of aliphatic hydroxyl groups excluding tert-OH is 1. The first kappa shape index (κ1) is 11.9. The molecule has 0 spiro atoms. The van der Waals surface area contributed by atoms with Gasteiger partial charge in [0, 0.05) is 12.3 Å². The molecule has 1 aromatic carbocycles. The van der Waals surface area contributed by atoms with Crippen molar-refractivity contribution in [2.45, 2.75) is 13.5 Å². The van der Waals surface area contributed by atoms with E-state index in [1.807, 2.05) is 19.1 Å². The van der Waals surface area contributed by atoms with Gasteiger partial charge in [0.25, 0.3) is 0 Å². The van der Waals surface area contributed by atoms with Gasteiger partial charge in [0.05, 0.1) is 17.3 Å². The number of aliphatic hydroxyl groups is 1. The number of benzene rings is 1. The standard InChI is InChI=1S/C13H12ClNO2/c1-9-2-3-12(14)13(6-9)17-11-4-5-15-10(7-11)8-16/h2-7,16H,8H2,1H3. The molecule has 0 amide bonds. The monoisotopic (exact) mass is 249 g/mol. The maximum absolute atomic E-state index is 8.98. The molecule has 2 rings (SSSR count). The largest absolute Gasteiger partial charge is 0.456 e. The molecular weight excluding hydrogens is 238 g/mol. The van der Waals surface area contributed by atoms with Gasteiger partial charge in [-0.1, -0.05) is 17.7 Å². The lowest BCUT2D eigenvalue weighted by Gasteiger charge is -2.08. The van der Waals surface area contributed by atoms with E-state index >= 15 is 0 Å². The Morgan fingerprint density at radius 3 is 2.88 bits per heavy atom. The minimum absolute atomic E-state index is 0.112. The molecular formula is C13H12ClNO2. The summed E-state index contributed by atoms with van der Waals surface area (Å²) in [5.41, 5.74) is 1.63. The third-order valence-electron chi connectivity index (χ3n) is 2.26. The van der Waals surface area contributed by atoms with Crippen LogP contribution in [0.3, 0.4) is 0 Å². The van der Waals surface area contributed by atoms with Crippen LogP contribution in [0.1, 0.15) is 11.3 Å². The maximum Gasteiger partial charge on any atom is 0.146 e. The summed E-state index contributed by atoms with van der Waals surface area (Å²) >= 11 is 6.03. The number of ether oxygens (including phenoxy) is 1. The van der Waals surface area contributed by atoms with Crippen molar-refractivity contribution in [3.63, 3.8) is 0 Å². The Morgan fingerprint density at radius 2 is 2.12 bits per heavy atom. The Kier molecular flexibility index (Phi) is 3.61.